The molecule has 0 atom stereocenters. The van der Waals surface area contributed by atoms with Crippen molar-refractivity contribution < 1.29 is 14.5 Å². The molecule has 0 radical (unpaired) electrons. The van der Waals surface area contributed by atoms with E-state index in [4.69, 9.17) is 0 Å². The second-order valence-electron chi connectivity index (χ2n) is 5.84. The van der Waals surface area contributed by atoms with Crippen molar-refractivity contribution in [2.45, 2.75) is 26.8 Å². The van der Waals surface area contributed by atoms with Crippen LogP contribution in [-0.2, 0) is 4.79 Å². The summed E-state index contributed by atoms with van der Waals surface area (Å²) in [4.78, 5) is 40.5. The molecule has 0 bridgehead atoms. The fraction of sp³-hybridized carbons (Fsp3) is 0.375. The molecule has 1 aromatic heterocycles. The molecule has 2 aromatic rings. The van der Waals surface area contributed by atoms with Gasteiger partial charge in [-0.3, -0.25) is 19.7 Å². The molecule has 26 heavy (non-hydrogen) atoms. The summed E-state index contributed by atoms with van der Waals surface area (Å²) in [6.45, 7) is 5.55. The number of amides is 2. The average molecular weight is 360 g/mol. The van der Waals surface area contributed by atoms with Gasteiger partial charge < -0.3 is 10.2 Å². The maximum Gasteiger partial charge on any atom is 0.295 e. The molecule has 1 N–H and O–H groups in total. The lowest BCUT2D eigenvalue weighted by Gasteiger charge is -2.21. The molecule has 1 aromatic carbocycles. The normalized spacial score (nSPS) is 10.6. The van der Waals surface area contributed by atoms with Gasteiger partial charge in [0.1, 0.15) is 18.3 Å². The van der Waals surface area contributed by atoms with Crippen LogP contribution in [0.5, 0.6) is 0 Å². The van der Waals surface area contributed by atoms with Gasteiger partial charge in [0, 0.05) is 24.2 Å². The smallest absolute Gasteiger partial charge is 0.295 e. The predicted molar refractivity (Wildman–Crippen MR) is 92.9 cm³/mol. The van der Waals surface area contributed by atoms with Gasteiger partial charge in [-0.25, -0.2) is 9.67 Å². The fourth-order valence-electron chi connectivity index (χ4n) is 2.38. The van der Waals surface area contributed by atoms with E-state index in [1.807, 2.05) is 13.8 Å². The van der Waals surface area contributed by atoms with Gasteiger partial charge in [0.05, 0.1) is 11.5 Å². The Labute approximate surface area is 150 Å². The molecule has 0 aliphatic carbocycles. The van der Waals surface area contributed by atoms with Crippen molar-refractivity contribution in [1.29, 1.82) is 0 Å². The number of aromatic nitrogens is 3. The van der Waals surface area contributed by atoms with Crippen LogP contribution in [-0.4, -0.2) is 55.5 Å². The molecule has 0 fully saturated rings. The maximum atomic E-state index is 12.7. The third-order valence-corrected chi connectivity index (χ3v) is 3.54. The fourth-order valence-corrected chi connectivity index (χ4v) is 2.38. The number of carbonyl (C=O) groups is 2. The molecule has 2 rings (SSSR count). The summed E-state index contributed by atoms with van der Waals surface area (Å²) in [5.74, 6) is -0.747. The van der Waals surface area contributed by atoms with E-state index < -0.39 is 10.8 Å². The van der Waals surface area contributed by atoms with Crippen LogP contribution in [0.3, 0.4) is 0 Å². The Balaban J connectivity index is 2.29. The number of benzene rings is 1. The summed E-state index contributed by atoms with van der Waals surface area (Å²) in [6.07, 6.45) is 2.59. The molecule has 138 valence electrons. The molecular formula is C16H20N6O4. The van der Waals surface area contributed by atoms with E-state index in [0.29, 0.717) is 6.54 Å². The lowest BCUT2D eigenvalue weighted by molar-refractivity contribution is -0.384. The zero-order valence-corrected chi connectivity index (χ0v) is 14.7. The Bertz CT molecular complexity index is 803. The quantitative estimate of drug-likeness (QED) is 0.584. The molecule has 2 amide bonds. The molecule has 1 heterocycles. The number of nitro groups is 1. The van der Waals surface area contributed by atoms with Gasteiger partial charge >= 0.3 is 0 Å². The lowest BCUT2D eigenvalue weighted by atomic mass is 10.1. The Morgan fingerprint density at radius 1 is 1.38 bits per heavy atom. The summed E-state index contributed by atoms with van der Waals surface area (Å²) >= 11 is 0. The summed E-state index contributed by atoms with van der Waals surface area (Å²) in [6, 6.07) is 4.04. The van der Waals surface area contributed by atoms with E-state index in [-0.39, 0.29) is 35.4 Å². The van der Waals surface area contributed by atoms with Gasteiger partial charge in [-0.1, -0.05) is 0 Å². The number of hydrogen-bond donors (Lipinski definition) is 1. The van der Waals surface area contributed by atoms with Crippen molar-refractivity contribution in [3.05, 3.63) is 46.5 Å². The van der Waals surface area contributed by atoms with E-state index in [9.17, 15) is 19.7 Å². The van der Waals surface area contributed by atoms with Gasteiger partial charge in [-0.05, 0) is 32.9 Å². The molecule has 0 aliphatic heterocycles. The number of likely N-dealkylation sites (N-methyl/N-ethyl adjacent to an activating group) is 1. The van der Waals surface area contributed by atoms with Crippen LogP contribution in [0.1, 0.15) is 31.1 Å². The number of nitrogens with one attached hydrogen (secondary N) is 1. The number of rotatable bonds is 7. The molecule has 0 saturated heterocycles. The molecule has 10 nitrogen and oxygen atoms in total. The molecular weight excluding hydrogens is 340 g/mol. The number of nitro benzene ring substituents is 1. The van der Waals surface area contributed by atoms with Crippen LogP contribution in [0.15, 0.2) is 30.9 Å². The largest absolute Gasteiger partial charge is 0.352 e. The van der Waals surface area contributed by atoms with Gasteiger partial charge in [-0.15, -0.1) is 0 Å². The summed E-state index contributed by atoms with van der Waals surface area (Å²) in [5, 5.41) is 18.0. The van der Waals surface area contributed by atoms with Gasteiger partial charge in [0.15, 0.2) is 0 Å². The minimum Gasteiger partial charge on any atom is -0.352 e. The maximum absolute atomic E-state index is 12.7. The molecule has 0 aliphatic rings. The van der Waals surface area contributed by atoms with Crippen molar-refractivity contribution in [3.63, 3.8) is 0 Å². The van der Waals surface area contributed by atoms with E-state index in [1.165, 1.54) is 40.4 Å². The summed E-state index contributed by atoms with van der Waals surface area (Å²) < 4.78 is 1.25. The van der Waals surface area contributed by atoms with Crippen LogP contribution in [0.25, 0.3) is 5.69 Å². The predicted octanol–water partition coefficient (Wildman–Crippen LogP) is 1.16. The lowest BCUT2D eigenvalue weighted by Crippen LogP contribution is -2.42. The highest BCUT2D eigenvalue weighted by molar-refractivity contribution is 5.97. The van der Waals surface area contributed by atoms with E-state index in [0.717, 1.165) is 0 Å². The van der Waals surface area contributed by atoms with E-state index in [2.05, 4.69) is 15.4 Å². The van der Waals surface area contributed by atoms with Gasteiger partial charge in [0.2, 0.25) is 5.91 Å². The minimum atomic E-state index is -0.588. The molecule has 0 unspecified atom stereocenters. The van der Waals surface area contributed by atoms with Crippen molar-refractivity contribution in [3.8, 4) is 5.69 Å². The van der Waals surface area contributed by atoms with E-state index >= 15 is 0 Å². The Morgan fingerprint density at radius 3 is 2.65 bits per heavy atom. The molecule has 0 spiro atoms. The third-order valence-electron chi connectivity index (χ3n) is 3.54. The van der Waals surface area contributed by atoms with Crippen LogP contribution < -0.4 is 5.32 Å². The minimum absolute atomic E-state index is 0.0423. The van der Waals surface area contributed by atoms with Crippen molar-refractivity contribution in [2.24, 2.45) is 0 Å². The average Bonchev–Trinajstić information content (AvgIpc) is 3.12. The zero-order chi connectivity index (χ0) is 19.3. The topological polar surface area (TPSA) is 123 Å². The van der Waals surface area contributed by atoms with Crippen LogP contribution >= 0.6 is 0 Å². The highest BCUT2D eigenvalue weighted by Crippen LogP contribution is 2.24. The SMILES string of the molecule is CCN(CC(=O)NC(C)C)C(=O)c1ccc(-n2cncn2)c([N+](=O)[O-])c1. The first-order valence-electron chi connectivity index (χ1n) is 8.05. The van der Waals surface area contributed by atoms with Crippen LogP contribution in [0.4, 0.5) is 5.69 Å². The zero-order valence-electron chi connectivity index (χ0n) is 14.7. The number of carbonyl (C=O) groups excluding carboxylic acids is 2. The Hall–Kier alpha value is -3.30. The summed E-state index contributed by atoms with van der Waals surface area (Å²) in [5.41, 5.74) is 0.0495. The highest BCUT2D eigenvalue weighted by Gasteiger charge is 2.23. The first kappa shape index (κ1) is 19.0. The molecule has 10 heteroatoms. The second-order valence-corrected chi connectivity index (χ2v) is 5.84. The Morgan fingerprint density at radius 2 is 2.12 bits per heavy atom. The number of hydrogen-bond acceptors (Lipinski definition) is 6. The number of nitrogens with zero attached hydrogens (tertiary/aromatic N) is 5. The second kappa shape index (κ2) is 8.19. The highest BCUT2D eigenvalue weighted by atomic mass is 16.6. The Kier molecular flexibility index (Phi) is 5.99. The third kappa shape index (κ3) is 4.41. The van der Waals surface area contributed by atoms with Crippen LogP contribution in [0.2, 0.25) is 0 Å². The molecule has 0 saturated carbocycles. The standard InChI is InChI=1S/C16H20N6O4/c1-4-20(8-15(23)19-11(2)3)16(24)12-5-6-13(14(7-12)22(25)26)21-10-17-9-18-21/h5-7,9-11H,4,8H2,1-3H3,(H,19,23). The van der Waals surface area contributed by atoms with Crippen LogP contribution in [0, 0.1) is 10.1 Å². The van der Waals surface area contributed by atoms with Crippen molar-refractivity contribution in [2.75, 3.05) is 13.1 Å². The summed E-state index contributed by atoms with van der Waals surface area (Å²) in [7, 11) is 0. The van der Waals surface area contributed by atoms with Gasteiger partial charge in [-0.2, -0.15) is 5.10 Å². The van der Waals surface area contributed by atoms with Gasteiger partial charge in [0.25, 0.3) is 11.6 Å². The van der Waals surface area contributed by atoms with Crippen molar-refractivity contribution >= 4 is 17.5 Å². The first-order valence-corrected chi connectivity index (χ1v) is 8.05. The monoisotopic (exact) mass is 360 g/mol. The van der Waals surface area contributed by atoms with Crippen molar-refractivity contribution in [1.82, 2.24) is 25.0 Å². The first-order chi connectivity index (χ1) is 12.3. The van der Waals surface area contributed by atoms with E-state index in [1.54, 1.807) is 6.92 Å².